The Balaban J connectivity index is 1.71. The fourth-order valence-corrected chi connectivity index (χ4v) is 2.27. The van der Waals surface area contributed by atoms with Crippen molar-refractivity contribution >= 4 is 11.6 Å². The minimum Gasteiger partial charge on any atom is -0.381 e. The highest BCUT2D eigenvalue weighted by Gasteiger charge is 2.08. The predicted molar refractivity (Wildman–Crippen MR) is 87.0 cm³/mol. The van der Waals surface area contributed by atoms with Gasteiger partial charge in [-0.05, 0) is 31.4 Å². The molecule has 2 aromatic rings. The quantitative estimate of drug-likeness (QED) is 0.724. The molecule has 0 saturated carbocycles. The van der Waals surface area contributed by atoms with E-state index in [0.717, 1.165) is 42.8 Å². The van der Waals surface area contributed by atoms with Crippen molar-refractivity contribution in [3.63, 3.8) is 0 Å². The van der Waals surface area contributed by atoms with E-state index in [1.54, 1.807) is 0 Å². The van der Waals surface area contributed by atoms with Crippen LogP contribution in [0, 0.1) is 6.92 Å². The molecule has 0 aliphatic rings. The molecule has 0 saturated heterocycles. The first-order valence-electron chi connectivity index (χ1n) is 7.98. The van der Waals surface area contributed by atoms with E-state index in [4.69, 9.17) is 4.74 Å². The second-order valence-electron chi connectivity index (χ2n) is 5.50. The zero-order valence-corrected chi connectivity index (χ0v) is 13.5. The highest BCUT2D eigenvalue weighted by Crippen LogP contribution is 2.10. The molecule has 2 heterocycles. The molecule has 0 aliphatic carbocycles. The first kappa shape index (κ1) is 16.5. The number of aromatic nitrogens is 2. The molecule has 0 unspecified atom stereocenters. The summed E-state index contributed by atoms with van der Waals surface area (Å²) in [4.78, 5) is 16.4. The largest absolute Gasteiger partial charge is 0.381 e. The number of unbranched alkanes of at least 4 members (excludes halogenated alkanes) is 1. The summed E-state index contributed by atoms with van der Waals surface area (Å²) >= 11 is 0. The van der Waals surface area contributed by atoms with Crippen LogP contribution < -0.4 is 5.32 Å². The van der Waals surface area contributed by atoms with E-state index < -0.39 is 0 Å². The van der Waals surface area contributed by atoms with Crippen molar-refractivity contribution in [1.29, 1.82) is 0 Å². The van der Waals surface area contributed by atoms with E-state index in [1.807, 2.05) is 35.9 Å². The van der Waals surface area contributed by atoms with Gasteiger partial charge in [-0.1, -0.05) is 19.4 Å². The molecule has 5 nitrogen and oxygen atoms in total. The molecule has 0 atom stereocenters. The van der Waals surface area contributed by atoms with Crippen molar-refractivity contribution in [2.24, 2.45) is 0 Å². The molecule has 0 bridgehead atoms. The second-order valence-corrected chi connectivity index (χ2v) is 5.50. The van der Waals surface area contributed by atoms with Crippen LogP contribution in [0.4, 0.5) is 0 Å². The molecule has 0 fully saturated rings. The summed E-state index contributed by atoms with van der Waals surface area (Å²) in [7, 11) is 0. The van der Waals surface area contributed by atoms with Gasteiger partial charge in [-0.25, -0.2) is 4.98 Å². The molecule has 5 heteroatoms. The fraction of sp³-hybridized carbons (Fsp3) is 0.529. The van der Waals surface area contributed by atoms with Gasteiger partial charge in [0, 0.05) is 32.2 Å². The first-order valence-corrected chi connectivity index (χ1v) is 7.98. The fourth-order valence-electron chi connectivity index (χ4n) is 2.27. The number of nitrogens with zero attached hydrogens (tertiary/aromatic N) is 2. The van der Waals surface area contributed by atoms with E-state index in [9.17, 15) is 4.79 Å². The van der Waals surface area contributed by atoms with Crippen molar-refractivity contribution in [3.8, 4) is 0 Å². The van der Waals surface area contributed by atoms with Gasteiger partial charge in [-0.2, -0.15) is 0 Å². The molecule has 120 valence electrons. The summed E-state index contributed by atoms with van der Waals surface area (Å²) in [6.07, 6.45) is 7.27. The van der Waals surface area contributed by atoms with Gasteiger partial charge in [0.1, 0.15) is 5.65 Å². The minimum atomic E-state index is 0.00890. The van der Waals surface area contributed by atoms with E-state index in [0.29, 0.717) is 19.6 Å². The maximum atomic E-state index is 11.9. The van der Waals surface area contributed by atoms with Gasteiger partial charge >= 0.3 is 0 Å². The van der Waals surface area contributed by atoms with E-state index in [-0.39, 0.29) is 5.91 Å². The number of carbonyl (C=O) groups is 1. The Kier molecular flexibility index (Phi) is 6.40. The lowest BCUT2D eigenvalue weighted by Gasteiger charge is -2.05. The number of amides is 1. The predicted octanol–water partition coefficient (Wildman–Crippen LogP) is 2.51. The van der Waals surface area contributed by atoms with Crippen LogP contribution >= 0.6 is 0 Å². The summed E-state index contributed by atoms with van der Waals surface area (Å²) in [5.41, 5.74) is 2.82. The minimum absolute atomic E-state index is 0.00890. The van der Waals surface area contributed by atoms with Crippen molar-refractivity contribution in [2.45, 2.75) is 39.5 Å². The summed E-state index contributed by atoms with van der Waals surface area (Å²) in [5, 5.41) is 2.91. The van der Waals surface area contributed by atoms with Gasteiger partial charge in [0.05, 0.1) is 12.1 Å². The Labute approximate surface area is 131 Å². The third-order valence-electron chi connectivity index (χ3n) is 3.50. The van der Waals surface area contributed by atoms with Crippen LogP contribution in [0.5, 0.6) is 0 Å². The number of rotatable bonds is 9. The number of nitrogens with one attached hydrogen (secondary N) is 1. The van der Waals surface area contributed by atoms with Crippen molar-refractivity contribution in [1.82, 2.24) is 14.7 Å². The monoisotopic (exact) mass is 303 g/mol. The molecule has 0 aliphatic heterocycles. The maximum Gasteiger partial charge on any atom is 0.226 e. The van der Waals surface area contributed by atoms with Crippen LogP contribution in [0.25, 0.3) is 5.65 Å². The summed E-state index contributed by atoms with van der Waals surface area (Å²) in [6.45, 7) is 6.32. The lowest BCUT2D eigenvalue weighted by Crippen LogP contribution is -2.27. The van der Waals surface area contributed by atoms with Gasteiger partial charge < -0.3 is 14.5 Å². The van der Waals surface area contributed by atoms with Crippen LogP contribution in [0.1, 0.15) is 37.4 Å². The number of imidazole rings is 1. The van der Waals surface area contributed by atoms with Crippen molar-refractivity contribution in [2.75, 3.05) is 19.8 Å². The third-order valence-corrected chi connectivity index (χ3v) is 3.50. The molecule has 1 N–H and O–H groups in total. The van der Waals surface area contributed by atoms with E-state index in [2.05, 4.69) is 17.2 Å². The lowest BCUT2D eigenvalue weighted by molar-refractivity contribution is -0.120. The van der Waals surface area contributed by atoms with Gasteiger partial charge in [0.2, 0.25) is 5.91 Å². The van der Waals surface area contributed by atoms with Gasteiger partial charge in [-0.15, -0.1) is 0 Å². The van der Waals surface area contributed by atoms with E-state index in [1.165, 1.54) is 0 Å². The smallest absolute Gasteiger partial charge is 0.226 e. The van der Waals surface area contributed by atoms with Crippen LogP contribution in [0.2, 0.25) is 0 Å². The maximum absolute atomic E-state index is 11.9. The molecule has 0 aromatic carbocycles. The first-order chi connectivity index (χ1) is 10.7. The number of carbonyl (C=O) groups excluding carboxylic acids is 1. The van der Waals surface area contributed by atoms with Crippen LogP contribution in [-0.4, -0.2) is 35.1 Å². The zero-order chi connectivity index (χ0) is 15.8. The standard InChI is InChI=1S/C17H25N3O2/c1-3-4-10-22-11-6-8-18-16(21)12-15-13-20-9-5-7-14(2)17(20)19-15/h5,7,9,13H,3-4,6,8,10-12H2,1-2H3,(H,18,21). The van der Waals surface area contributed by atoms with Crippen molar-refractivity contribution in [3.05, 3.63) is 35.8 Å². The summed E-state index contributed by atoms with van der Waals surface area (Å²) in [6, 6.07) is 4.00. The summed E-state index contributed by atoms with van der Waals surface area (Å²) in [5.74, 6) is 0.00890. The van der Waals surface area contributed by atoms with Crippen LogP contribution in [0.3, 0.4) is 0 Å². The number of fused-ring (bicyclic) bond motifs is 1. The third kappa shape index (κ3) is 4.84. The van der Waals surface area contributed by atoms with E-state index >= 15 is 0 Å². The Morgan fingerprint density at radius 2 is 2.18 bits per heavy atom. The van der Waals surface area contributed by atoms with Gasteiger partial charge in [-0.3, -0.25) is 4.79 Å². The Hall–Kier alpha value is -1.88. The molecule has 2 aromatic heterocycles. The average molecular weight is 303 g/mol. The normalized spacial score (nSPS) is 11.0. The Bertz CT molecular complexity index is 607. The van der Waals surface area contributed by atoms with Crippen LogP contribution in [-0.2, 0) is 16.0 Å². The number of hydrogen-bond donors (Lipinski definition) is 1. The Morgan fingerprint density at radius 3 is 2.95 bits per heavy atom. The molecule has 1 amide bonds. The van der Waals surface area contributed by atoms with Gasteiger partial charge in [0.25, 0.3) is 0 Å². The molecule has 2 rings (SSSR count). The highest BCUT2D eigenvalue weighted by molar-refractivity contribution is 5.78. The number of pyridine rings is 1. The number of hydrogen-bond acceptors (Lipinski definition) is 3. The topological polar surface area (TPSA) is 55.6 Å². The highest BCUT2D eigenvalue weighted by atomic mass is 16.5. The van der Waals surface area contributed by atoms with Gasteiger partial charge in [0.15, 0.2) is 0 Å². The number of aryl methyl sites for hydroxylation is 1. The molecule has 0 radical (unpaired) electrons. The average Bonchev–Trinajstić information content (AvgIpc) is 2.90. The molecule has 22 heavy (non-hydrogen) atoms. The Morgan fingerprint density at radius 1 is 1.36 bits per heavy atom. The van der Waals surface area contributed by atoms with Crippen molar-refractivity contribution < 1.29 is 9.53 Å². The SMILES string of the molecule is CCCCOCCCNC(=O)Cc1cn2cccc(C)c2n1. The second kappa shape index (κ2) is 8.54. The van der Waals surface area contributed by atoms with Crippen LogP contribution in [0.15, 0.2) is 24.5 Å². The molecular formula is C17H25N3O2. The zero-order valence-electron chi connectivity index (χ0n) is 13.5. The summed E-state index contributed by atoms with van der Waals surface area (Å²) < 4.78 is 7.42. The lowest BCUT2D eigenvalue weighted by atomic mass is 10.3. The molecule has 0 spiro atoms. The number of ether oxygens (including phenoxy) is 1. The molecular weight excluding hydrogens is 278 g/mol.